The highest BCUT2D eigenvalue weighted by atomic mass is 35.5. The van der Waals surface area contributed by atoms with Gasteiger partial charge in [0.15, 0.2) is 5.78 Å². The van der Waals surface area contributed by atoms with E-state index in [0.29, 0.717) is 11.6 Å². The van der Waals surface area contributed by atoms with E-state index in [4.69, 9.17) is 17.3 Å². The molecule has 1 aliphatic rings. The molecule has 0 radical (unpaired) electrons. The number of amides is 1. The highest BCUT2D eigenvalue weighted by molar-refractivity contribution is 6.31. The molecular weight excluding hydrogens is 438 g/mol. The van der Waals surface area contributed by atoms with Crippen molar-refractivity contribution in [3.8, 4) is 0 Å². The van der Waals surface area contributed by atoms with E-state index < -0.39 is 12.1 Å². The lowest BCUT2D eigenvalue weighted by atomic mass is 9.94. The van der Waals surface area contributed by atoms with Crippen molar-refractivity contribution in [2.75, 3.05) is 33.2 Å². The molecular formula is C25H30ClN5O2. The Morgan fingerprint density at radius 2 is 1.79 bits per heavy atom. The van der Waals surface area contributed by atoms with Crippen LogP contribution < -0.4 is 11.1 Å². The SMILES string of the molecule is CN1CCN(C(C(=O)C(N)CC(=O)NCc2ccccc2Cl)c2c[nH]c3ccccc23)CC1. The van der Waals surface area contributed by atoms with Gasteiger partial charge in [0.2, 0.25) is 5.91 Å². The first-order valence-corrected chi connectivity index (χ1v) is 11.6. The topological polar surface area (TPSA) is 94.5 Å². The quantitative estimate of drug-likeness (QED) is 0.473. The monoisotopic (exact) mass is 467 g/mol. The average molecular weight is 468 g/mol. The summed E-state index contributed by atoms with van der Waals surface area (Å²) in [5, 5.41) is 4.43. The third-order valence-corrected chi connectivity index (χ3v) is 6.66. The van der Waals surface area contributed by atoms with Gasteiger partial charge in [-0.05, 0) is 24.7 Å². The minimum atomic E-state index is -0.908. The van der Waals surface area contributed by atoms with E-state index in [0.717, 1.165) is 48.2 Å². The number of Topliss-reactive ketones (excluding diaryl/α,β-unsaturated/α-hetero) is 1. The molecule has 0 bridgehead atoms. The van der Waals surface area contributed by atoms with Crippen molar-refractivity contribution in [1.82, 2.24) is 20.1 Å². The summed E-state index contributed by atoms with van der Waals surface area (Å²) in [6.45, 7) is 3.57. The van der Waals surface area contributed by atoms with Crippen LogP contribution in [0.25, 0.3) is 10.9 Å². The number of carbonyl (C=O) groups excluding carboxylic acids is 2. The Morgan fingerprint density at radius 1 is 1.09 bits per heavy atom. The normalized spacial score (nSPS) is 17.1. The molecule has 0 spiro atoms. The standard InChI is InChI=1S/C25H30ClN5O2/c1-30-10-12-31(13-11-30)24(19-16-28-22-9-5-3-7-18(19)22)25(33)21(27)14-23(32)29-15-17-6-2-4-8-20(17)26/h2-9,16,21,24,28H,10-15,27H2,1H3,(H,29,32). The summed E-state index contributed by atoms with van der Waals surface area (Å²) in [4.78, 5) is 33.9. The molecule has 1 fully saturated rings. The summed E-state index contributed by atoms with van der Waals surface area (Å²) >= 11 is 6.16. The van der Waals surface area contributed by atoms with E-state index in [-0.39, 0.29) is 18.1 Å². The van der Waals surface area contributed by atoms with Gasteiger partial charge in [-0.1, -0.05) is 48.0 Å². The Hall–Kier alpha value is -2.71. The Labute approximate surface area is 198 Å². The molecule has 1 aliphatic heterocycles. The zero-order valence-corrected chi connectivity index (χ0v) is 19.5. The number of ketones is 1. The van der Waals surface area contributed by atoms with Crippen molar-refractivity contribution >= 4 is 34.2 Å². The van der Waals surface area contributed by atoms with Crippen LogP contribution in [0.5, 0.6) is 0 Å². The smallest absolute Gasteiger partial charge is 0.222 e. The molecule has 2 unspecified atom stereocenters. The lowest BCUT2D eigenvalue weighted by Crippen LogP contribution is -2.51. The summed E-state index contributed by atoms with van der Waals surface area (Å²) in [6.07, 6.45) is 1.83. The number of para-hydroxylation sites is 1. The molecule has 2 atom stereocenters. The van der Waals surface area contributed by atoms with E-state index in [1.807, 2.05) is 48.7 Å². The van der Waals surface area contributed by atoms with Crippen LogP contribution in [0.3, 0.4) is 0 Å². The van der Waals surface area contributed by atoms with Gasteiger partial charge in [-0.25, -0.2) is 0 Å². The van der Waals surface area contributed by atoms with E-state index >= 15 is 0 Å². The third kappa shape index (κ3) is 5.45. The number of nitrogens with zero attached hydrogens (tertiary/aromatic N) is 2. The van der Waals surface area contributed by atoms with Crippen molar-refractivity contribution in [1.29, 1.82) is 0 Å². The van der Waals surface area contributed by atoms with Crippen LogP contribution in [0.2, 0.25) is 5.02 Å². The molecule has 0 saturated carbocycles. The number of rotatable bonds is 8. The van der Waals surface area contributed by atoms with Crippen molar-refractivity contribution in [3.05, 3.63) is 70.9 Å². The summed E-state index contributed by atoms with van der Waals surface area (Å²) < 4.78 is 0. The number of hydrogen-bond donors (Lipinski definition) is 3. The predicted octanol–water partition coefficient (Wildman–Crippen LogP) is 2.71. The van der Waals surface area contributed by atoms with Crippen molar-refractivity contribution in [2.24, 2.45) is 5.73 Å². The lowest BCUT2D eigenvalue weighted by Gasteiger charge is -2.38. The number of fused-ring (bicyclic) bond motifs is 1. The van der Waals surface area contributed by atoms with Gasteiger partial charge in [0.25, 0.3) is 0 Å². The highest BCUT2D eigenvalue weighted by Gasteiger charge is 2.35. The molecule has 0 aliphatic carbocycles. The predicted molar refractivity (Wildman–Crippen MR) is 131 cm³/mol. The number of nitrogens with two attached hydrogens (primary N) is 1. The van der Waals surface area contributed by atoms with Crippen LogP contribution in [-0.4, -0.2) is 65.7 Å². The van der Waals surface area contributed by atoms with Crippen molar-refractivity contribution < 1.29 is 9.59 Å². The molecule has 2 aromatic carbocycles. The zero-order chi connectivity index (χ0) is 23.4. The van der Waals surface area contributed by atoms with Crippen LogP contribution in [0.15, 0.2) is 54.7 Å². The van der Waals surface area contributed by atoms with E-state index in [1.54, 1.807) is 6.07 Å². The summed E-state index contributed by atoms with van der Waals surface area (Å²) in [6, 6.07) is 13.9. The summed E-state index contributed by atoms with van der Waals surface area (Å²) in [7, 11) is 2.08. The summed E-state index contributed by atoms with van der Waals surface area (Å²) in [5.41, 5.74) is 9.03. The Kier molecular flexibility index (Phi) is 7.45. The molecule has 1 saturated heterocycles. The molecule has 7 nitrogen and oxygen atoms in total. The number of halogens is 1. The number of benzene rings is 2. The van der Waals surface area contributed by atoms with Gasteiger partial charge in [0.1, 0.15) is 0 Å². The number of aromatic nitrogens is 1. The second kappa shape index (κ2) is 10.5. The second-order valence-corrected chi connectivity index (χ2v) is 9.02. The lowest BCUT2D eigenvalue weighted by molar-refractivity contribution is -0.130. The minimum Gasteiger partial charge on any atom is -0.361 e. The van der Waals surface area contributed by atoms with Gasteiger partial charge in [0, 0.05) is 66.8 Å². The summed E-state index contributed by atoms with van der Waals surface area (Å²) in [5.74, 6) is -0.413. The maximum Gasteiger partial charge on any atom is 0.222 e. The largest absolute Gasteiger partial charge is 0.361 e. The van der Waals surface area contributed by atoms with Gasteiger partial charge < -0.3 is 20.9 Å². The van der Waals surface area contributed by atoms with Crippen LogP contribution >= 0.6 is 11.6 Å². The minimum absolute atomic E-state index is 0.0735. The maximum absolute atomic E-state index is 13.6. The van der Waals surface area contributed by atoms with Crippen molar-refractivity contribution in [3.63, 3.8) is 0 Å². The molecule has 3 aromatic rings. The fraction of sp³-hybridized carbons (Fsp3) is 0.360. The number of piperazine rings is 1. The fourth-order valence-corrected chi connectivity index (χ4v) is 4.54. The van der Waals surface area contributed by atoms with E-state index in [2.05, 4.69) is 27.1 Å². The van der Waals surface area contributed by atoms with Crippen molar-refractivity contribution in [2.45, 2.75) is 25.0 Å². The highest BCUT2D eigenvalue weighted by Crippen LogP contribution is 2.31. The van der Waals surface area contributed by atoms with Crippen LogP contribution in [0, 0.1) is 0 Å². The Balaban J connectivity index is 1.49. The first-order chi connectivity index (χ1) is 15.9. The van der Waals surface area contributed by atoms with Gasteiger partial charge in [-0.3, -0.25) is 14.5 Å². The fourth-order valence-electron chi connectivity index (χ4n) is 4.34. The van der Waals surface area contributed by atoms with Crippen LogP contribution in [0.1, 0.15) is 23.6 Å². The van der Waals surface area contributed by atoms with Gasteiger partial charge in [-0.15, -0.1) is 0 Å². The number of nitrogens with one attached hydrogen (secondary N) is 2. The molecule has 4 rings (SSSR count). The maximum atomic E-state index is 13.6. The molecule has 1 amide bonds. The van der Waals surface area contributed by atoms with E-state index in [9.17, 15) is 9.59 Å². The average Bonchev–Trinajstić information content (AvgIpc) is 3.23. The number of likely N-dealkylation sites (N-methyl/N-ethyl adjacent to an activating group) is 1. The van der Waals surface area contributed by atoms with Gasteiger partial charge in [0.05, 0.1) is 12.1 Å². The number of hydrogen-bond acceptors (Lipinski definition) is 5. The molecule has 174 valence electrons. The van der Waals surface area contributed by atoms with Gasteiger partial charge >= 0.3 is 0 Å². The third-order valence-electron chi connectivity index (χ3n) is 6.29. The Bertz CT molecular complexity index is 1120. The molecule has 33 heavy (non-hydrogen) atoms. The number of H-pyrrole nitrogens is 1. The van der Waals surface area contributed by atoms with E-state index in [1.165, 1.54) is 0 Å². The van der Waals surface area contributed by atoms with Crippen LogP contribution in [0.4, 0.5) is 0 Å². The molecule has 1 aromatic heterocycles. The molecule has 4 N–H and O–H groups in total. The zero-order valence-electron chi connectivity index (χ0n) is 18.8. The second-order valence-electron chi connectivity index (χ2n) is 8.61. The molecule has 2 heterocycles. The first-order valence-electron chi connectivity index (χ1n) is 11.2. The van der Waals surface area contributed by atoms with Gasteiger partial charge in [-0.2, -0.15) is 0 Å². The number of carbonyl (C=O) groups is 2. The number of aromatic amines is 1. The molecule has 8 heteroatoms. The van der Waals surface area contributed by atoms with Crippen LogP contribution in [-0.2, 0) is 16.1 Å². The Morgan fingerprint density at radius 3 is 2.55 bits per heavy atom. The first kappa shape index (κ1) is 23.4.